The van der Waals surface area contributed by atoms with E-state index in [1.807, 2.05) is 24.6 Å². The summed E-state index contributed by atoms with van der Waals surface area (Å²) in [4.78, 5) is 10.1. The molecule has 0 aliphatic carbocycles. The molecule has 21 heavy (non-hydrogen) atoms. The zero-order chi connectivity index (χ0) is 14.8. The number of nitriles is 1. The second kappa shape index (κ2) is 5.84. The van der Waals surface area contributed by atoms with Gasteiger partial charge in [0.25, 0.3) is 0 Å². The van der Waals surface area contributed by atoms with Gasteiger partial charge < -0.3 is 4.57 Å². The topological polar surface area (TPSA) is 54.5 Å². The van der Waals surface area contributed by atoms with Crippen LogP contribution in [0.4, 0.5) is 0 Å². The van der Waals surface area contributed by atoms with Crippen molar-refractivity contribution in [1.82, 2.24) is 14.5 Å². The van der Waals surface area contributed by atoms with E-state index in [0.717, 1.165) is 22.6 Å². The minimum atomic E-state index is 0.507. The molecule has 0 aliphatic heterocycles. The van der Waals surface area contributed by atoms with Crippen molar-refractivity contribution in [2.75, 3.05) is 5.88 Å². The number of aryl methyl sites for hydroxylation is 2. The van der Waals surface area contributed by atoms with Crippen LogP contribution < -0.4 is 0 Å². The van der Waals surface area contributed by atoms with Crippen LogP contribution in [0.2, 0.25) is 0 Å². The zero-order valence-corrected chi connectivity index (χ0v) is 13.1. The van der Waals surface area contributed by atoms with E-state index in [1.165, 1.54) is 4.88 Å². The lowest BCUT2D eigenvalue weighted by molar-refractivity contribution is 0.758. The maximum atomic E-state index is 9.23. The summed E-state index contributed by atoms with van der Waals surface area (Å²) in [6.07, 6.45) is 0.680. The van der Waals surface area contributed by atoms with E-state index in [2.05, 4.69) is 20.6 Å². The smallest absolute Gasteiger partial charge is 0.111 e. The Hall–Kier alpha value is -1.90. The summed E-state index contributed by atoms with van der Waals surface area (Å²) in [5.41, 5.74) is 5.22. The molecule has 3 rings (SSSR count). The molecular formula is C15H13ClN4S. The number of aromatic nitrogens is 3. The van der Waals surface area contributed by atoms with Gasteiger partial charge >= 0.3 is 0 Å². The minimum Gasteiger partial charge on any atom is -0.323 e. The second-order valence-electron chi connectivity index (χ2n) is 4.70. The van der Waals surface area contributed by atoms with Crippen molar-refractivity contribution in [3.05, 3.63) is 45.7 Å². The Labute approximate surface area is 131 Å². The van der Waals surface area contributed by atoms with Crippen LogP contribution in [0, 0.1) is 18.3 Å². The van der Waals surface area contributed by atoms with Crippen LogP contribution in [-0.2, 0) is 13.0 Å². The molecular weight excluding hydrogens is 304 g/mol. The average Bonchev–Trinajstić information content (AvgIpc) is 3.05. The number of benzene rings is 1. The summed E-state index contributed by atoms with van der Waals surface area (Å²) in [6.45, 7) is 2.72. The molecule has 0 radical (unpaired) electrons. The van der Waals surface area contributed by atoms with E-state index >= 15 is 0 Å². The lowest BCUT2D eigenvalue weighted by Crippen LogP contribution is -2.05. The summed E-state index contributed by atoms with van der Waals surface area (Å²) in [5, 5.41) is 9.23. The van der Waals surface area contributed by atoms with Gasteiger partial charge in [0.05, 0.1) is 28.8 Å². The molecule has 0 saturated heterocycles. The number of nitrogens with zero attached hydrogens (tertiary/aromatic N) is 4. The Morgan fingerprint density at radius 3 is 2.95 bits per heavy atom. The number of para-hydroxylation sites is 1. The fraction of sp³-hybridized carbons (Fsp3) is 0.267. The van der Waals surface area contributed by atoms with E-state index in [1.54, 1.807) is 17.4 Å². The first-order valence-corrected chi connectivity index (χ1v) is 7.99. The standard InChI is InChI=1S/C15H13ClN4S/c1-10-13(21-9-18-10)8-20-12-4-2-3-11(7-17)15(12)19-14(20)5-6-16/h2-4,9H,5-6,8H2,1H3. The van der Waals surface area contributed by atoms with Crippen LogP contribution in [0.1, 0.15) is 22.0 Å². The van der Waals surface area contributed by atoms with Crippen LogP contribution in [0.5, 0.6) is 0 Å². The van der Waals surface area contributed by atoms with Gasteiger partial charge in [-0.1, -0.05) is 6.07 Å². The van der Waals surface area contributed by atoms with Crippen LogP contribution in [0.25, 0.3) is 11.0 Å². The highest BCUT2D eigenvalue weighted by Gasteiger charge is 2.14. The molecule has 0 saturated carbocycles. The summed E-state index contributed by atoms with van der Waals surface area (Å²) in [7, 11) is 0. The van der Waals surface area contributed by atoms with Gasteiger partial charge in [0, 0.05) is 17.2 Å². The first kappa shape index (κ1) is 14.1. The molecule has 2 heterocycles. The molecule has 0 unspecified atom stereocenters. The quantitative estimate of drug-likeness (QED) is 0.692. The number of alkyl halides is 1. The molecule has 106 valence electrons. The first-order chi connectivity index (χ1) is 10.2. The summed E-state index contributed by atoms with van der Waals surface area (Å²) in [6, 6.07) is 7.89. The molecule has 0 atom stereocenters. The van der Waals surface area contributed by atoms with Crippen molar-refractivity contribution >= 4 is 34.0 Å². The highest BCUT2D eigenvalue weighted by molar-refractivity contribution is 7.09. The minimum absolute atomic E-state index is 0.507. The van der Waals surface area contributed by atoms with Crippen molar-refractivity contribution in [3.8, 4) is 6.07 Å². The van der Waals surface area contributed by atoms with Crippen LogP contribution in [-0.4, -0.2) is 20.4 Å². The molecule has 0 amide bonds. The third kappa shape index (κ3) is 2.53. The van der Waals surface area contributed by atoms with E-state index in [-0.39, 0.29) is 0 Å². The summed E-state index contributed by atoms with van der Waals surface area (Å²) in [5.74, 6) is 1.42. The summed E-state index contributed by atoms with van der Waals surface area (Å²) >= 11 is 7.53. The lowest BCUT2D eigenvalue weighted by atomic mass is 10.2. The van der Waals surface area contributed by atoms with E-state index < -0.39 is 0 Å². The zero-order valence-electron chi connectivity index (χ0n) is 11.5. The fourth-order valence-electron chi connectivity index (χ4n) is 2.36. The highest BCUT2D eigenvalue weighted by atomic mass is 35.5. The average molecular weight is 317 g/mol. The van der Waals surface area contributed by atoms with E-state index in [9.17, 15) is 5.26 Å². The van der Waals surface area contributed by atoms with E-state index in [4.69, 9.17) is 11.6 Å². The molecule has 0 spiro atoms. The second-order valence-corrected chi connectivity index (χ2v) is 6.02. The van der Waals surface area contributed by atoms with Crippen LogP contribution in [0.3, 0.4) is 0 Å². The maximum Gasteiger partial charge on any atom is 0.111 e. The Morgan fingerprint density at radius 1 is 1.43 bits per heavy atom. The third-order valence-electron chi connectivity index (χ3n) is 3.44. The molecule has 1 aromatic carbocycles. The lowest BCUT2D eigenvalue weighted by Gasteiger charge is -2.07. The molecule has 6 heteroatoms. The number of imidazole rings is 1. The fourth-order valence-corrected chi connectivity index (χ4v) is 3.29. The number of hydrogen-bond donors (Lipinski definition) is 0. The maximum absolute atomic E-state index is 9.23. The molecule has 2 aromatic heterocycles. The van der Waals surface area contributed by atoms with Gasteiger partial charge in [-0.3, -0.25) is 0 Å². The number of halogens is 1. The molecule has 0 aliphatic rings. The number of thiazole rings is 1. The van der Waals surface area contributed by atoms with E-state index in [0.29, 0.717) is 24.4 Å². The van der Waals surface area contributed by atoms with Gasteiger partial charge in [-0.05, 0) is 19.1 Å². The highest BCUT2D eigenvalue weighted by Crippen LogP contribution is 2.23. The number of hydrogen-bond acceptors (Lipinski definition) is 4. The van der Waals surface area contributed by atoms with Gasteiger partial charge in [0.15, 0.2) is 0 Å². The van der Waals surface area contributed by atoms with Crippen molar-refractivity contribution in [2.45, 2.75) is 19.9 Å². The molecule has 3 aromatic rings. The van der Waals surface area contributed by atoms with Gasteiger partial charge in [-0.15, -0.1) is 22.9 Å². The first-order valence-electron chi connectivity index (χ1n) is 6.57. The van der Waals surface area contributed by atoms with Crippen molar-refractivity contribution in [3.63, 3.8) is 0 Å². The van der Waals surface area contributed by atoms with Gasteiger partial charge in [-0.2, -0.15) is 5.26 Å². The predicted octanol–water partition coefficient (Wildman–Crippen LogP) is 3.50. The Kier molecular flexibility index (Phi) is 3.91. The van der Waals surface area contributed by atoms with Gasteiger partial charge in [-0.25, -0.2) is 9.97 Å². The normalized spacial score (nSPS) is 10.9. The van der Waals surface area contributed by atoms with Crippen molar-refractivity contribution in [1.29, 1.82) is 5.26 Å². The SMILES string of the molecule is Cc1ncsc1Cn1c(CCCl)nc2c(C#N)cccc21. The van der Waals surface area contributed by atoms with Crippen molar-refractivity contribution in [2.24, 2.45) is 0 Å². The molecule has 0 bridgehead atoms. The van der Waals surface area contributed by atoms with Crippen LogP contribution >= 0.6 is 22.9 Å². The molecule has 0 N–H and O–H groups in total. The van der Waals surface area contributed by atoms with Crippen molar-refractivity contribution < 1.29 is 0 Å². The number of rotatable bonds is 4. The number of fused-ring (bicyclic) bond motifs is 1. The molecule has 0 fully saturated rings. The van der Waals surface area contributed by atoms with Crippen LogP contribution in [0.15, 0.2) is 23.7 Å². The Morgan fingerprint density at radius 2 is 2.29 bits per heavy atom. The van der Waals surface area contributed by atoms with Gasteiger partial charge in [0.1, 0.15) is 17.4 Å². The predicted molar refractivity (Wildman–Crippen MR) is 84.8 cm³/mol. The summed E-state index contributed by atoms with van der Waals surface area (Å²) < 4.78 is 2.14. The largest absolute Gasteiger partial charge is 0.323 e. The Bertz CT molecular complexity index is 828. The molecule has 4 nitrogen and oxygen atoms in total. The van der Waals surface area contributed by atoms with Gasteiger partial charge in [0.2, 0.25) is 0 Å². The Balaban J connectivity index is 2.17. The monoisotopic (exact) mass is 316 g/mol. The third-order valence-corrected chi connectivity index (χ3v) is 4.55.